The molecule has 2 heterocycles. The monoisotopic (exact) mass is 834 g/mol. The SMILES string of the molecule is CCC1/C(c2cccc3c4ccccc4c4cc(-c5ccc6c7ccccc7n(-c7ccc(-c8ccccc8)cc7)c6c5)ccc4c23)=C\CCC(C2=CCCC=C2)=NC1c1ccccc1. The van der Waals surface area contributed by atoms with Crippen molar-refractivity contribution in [1.29, 1.82) is 0 Å². The molecule has 1 aliphatic heterocycles. The number of allylic oxidation sites excluding steroid dienone is 5. The molecular formula is C63H50N2. The van der Waals surface area contributed by atoms with Crippen LogP contribution in [0, 0.1) is 5.92 Å². The summed E-state index contributed by atoms with van der Waals surface area (Å²) in [4.78, 5) is 5.73. The number of rotatable bonds is 7. The van der Waals surface area contributed by atoms with Gasteiger partial charge < -0.3 is 4.57 Å². The van der Waals surface area contributed by atoms with E-state index >= 15 is 0 Å². The topological polar surface area (TPSA) is 17.3 Å². The molecule has 0 fully saturated rings. The molecule has 2 aliphatic rings. The normalized spacial score (nSPS) is 17.5. The highest BCUT2D eigenvalue weighted by molar-refractivity contribution is 6.28. The van der Waals surface area contributed by atoms with Crippen LogP contribution in [0.3, 0.4) is 0 Å². The minimum absolute atomic E-state index is 0.0138. The van der Waals surface area contributed by atoms with Crippen molar-refractivity contribution in [2.45, 2.75) is 45.1 Å². The number of hydrogen-bond acceptors (Lipinski definition) is 1. The molecule has 1 aliphatic carbocycles. The zero-order valence-electron chi connectivity index (χ0n) is 36.8. The smallest absolute Gasteiger partial charge is 0.0820 e. The summed E-state index contributed by atoms with van der Waals surface area (Å²) in [6.07, 6.45) is 14.6. The number of aliphatic imine (C=N–C) groups is 1. The molecule has 0 saturated carbocycles. The van der Waals surface area contributed by atoms with Gasteiger partial charge in [0.05, 0.1) is 17.1 Å². The van der Waals surface area contributed by atoms with Gasteiger partial charge in [-0.05, 0) is 139 Å². The van der Waals surface area contributed by atoms with E-state index in [0.29, 0.717) is 0 Å². The van der Waals surface area contributed by atoms with Gasteiger partial charge in [-0.2, -0.15) is 0 Å². The van der Waals surface area contributed by atoms with Gasteiger partial charge in [0.15, 0.2) is 0 Å². The first-order valence-electron chi connectivity index (χ1n) is 23.5. The molecule has 2 nitrogen and oxygen atoms in total. The van der Waals surface area contributed by atoms with Gasteiger partial charge in [0, 0.05) is 28.1 Å². The van der Waals surface area contributed by atoms with Crippen molar-refractivity contribution in [3.63, 3.8) is 0 Å². The molecule has 0 saturated heterocycles. The second-order valence-electron chi connectivity index (χ2n) is 17.8. The number of para-hydroxylation sites is 1. The molecule has 0 amide bonds. The quantitative estimate of drug-likeness (QED) is 0.142. The van der Waals surface area contributed by atoms with Gasteiger partial charge in [0.25, 0.3) is 0 Å². The largest absolute Gasteiger partial charge is 0.309 e. The van der Waals surface area contributed by atoms with E-state index in [2.05, 4.69) is 224 Å². The average molecular weight is 835 g/mol. The molecule has 10 aromatic rings. The van der Waals surface area contributed by atoms with E-state index in [0.717, 1.165) is 37.8 Å². The van der Waals surface area contributed by atoms with Gasteiger partial charge >= 0.3 is 0 Å². The van der Waals surface area contributed by atoms with Crippen molar-refractivity contribution in [1.82, 2.24) is 4.57 Å². The van der Waals surface area contributed by atoms with Gasteiger partial charge in [-0.25, -0.2) is 0 Å². The van der Waals surface area contributed by atoms with Crippen LogP contribution in [0.1, 0.15) is 56.2 Å². The van der Waals surface area contributed by atoms with E-state index in [4.69, 9.17) is 4.99 Å². The maximum absolute atomic E-state index is 5.73. The second-order valence-corrected chi connectivity index (χ2v) is 17.8. The van der Waals surface area contributed by atoms with Crippen LogP contribution in [-0.4, -0.2) is 10.3 Å². The predicted octanol–water partition coefficient (Wildman–Crippen LogP) is 17.2. The van der Waals surface area contributed by atoms with E-state index in [1.54, 1.807) is 0 Å². The summed E-state index contributed by atoms with van der Waals surface area (Å²) in [5.41, 5.74) is 15.0. The van der Waals surface area contributed by atoms with Crippen LogP contribution >= 0.6 is 0 Å². The first-order valence-corrected chi connectivity index (χ1v) is 23.5. The fraction of sp³-hybridized carbons (Fsp3) is 0.127. The van der Waals surface area contributed by atoms with E-state index < -0.39 is 0 Å². The lowest BCUT2D eigenvalue weighted by Crippen LogP contribution is -2.18. The summed E-state index contributed by atoms with van der Waals surface area (Å²) in [5.74, 6) is 0.209. The average Bonchev–Trinajstić information content (AvgIpc) is 3.71. The van der Waals surface area contributed by atoms with Crippen molar-refractivity contribution in [2.75, 3.05) is 0 Å². The molecular weight excluding hydrogens is 785 g/mol. The zero-order valence-corrected chi connectivity index (χ0v) is 36.8. The van der Waals surface area contributed by atoms with Crippen molar-refractivity contribution in [3.05, 3.63) is 229 Å². The molecule has 2 heteroatoms. The van der Waals surface area contributed by atoms with Gasteiger partial charge in [-0.1, -0.05) is 189 Å². The highest BCUT2D eigenvalue weighted by Gasteiger charge is 2.30. The molecule has 12 rings (SSSR count). The van der Waals surface area contributed by atoms with Crippen molar-refractivity contribution < 1.29 is 0 Å². The molecule has 0 radical (unpaired) electrons. The number of aromatic nitrogens is 1. The summed E-state index contributed by atoms with van der Waals surface area (Å²) in [6.45, 7) is 2.35. The molecule has 9 aromatic carbocycles. The Balaban J connectivity index is 1.02. The summed E-state index contributed by atoms with van der Waals surface area (Å²) in [6, 6.07) is 69.8. The van der Waals surface area contributed by atoms with Crippen LogP contribution in [0.5, 0.6) is 0 Å². The van der Waals surface area contributed by atoms with Crippen molar-refractivity contribution in [3.8, 4) is 27.9 Å². The number of benzene rings is 9. The minimum atomic E-state index is 0.0138. The van der Waals surface area contributed by atoms with E-state index in [9.17, 15) is 0 Å². The molecule has 2 unspecified atom stereocenters. The van der Waals surface area contributed by atoms with Crippen LogP contribution in [0.15, 0.2) is 223 Å². The summed E-state index contributed by atoms with van der Waals surface area (Å²) < 4.78 is 2.44. The minimum Gasteiger partial charge on any atom is -0.309 e. The van der Waals surface area contributed by atoms with Crippen LogP contribution < -0.4 is 0 Å². The van der Waals surface area contributed by atoms with E-state index in [-0.39, 0.29) is 12.0 Å². The fourth-order valence-electron chi connectivity index (χ4n) is 11.1. The molecule has 312 valence electrons. The van der Waals surface area contributed by atoms with Crippen molar-refractivity contribution in [2.24, 2.45) is 10.9 Å². The molecule has 2 atom stereocenters. The first-order chi connectivity index (χ1) is 32.2. The van der Waals surface area contributed by atoms with E-state index in [1.807, 2.05) is 0 Å². The van der Waals surface area contributed by atoms with Gasteiger partial charge in [-0.15, -0.1) is 0 Å². The third-order valence-corrected chi connectivity index (χ3v) is 14.1. The van der Waals surface area contributed by atoms with Crippen LogP contribution in [0.25, 0.3) is 87.6 Å². The van der Waals surface area contributed by atoms with Gasteiger partial charge in [0.2, 0.25) is 0 Å². The molecule has 1 aromatic heterocycles. The Labute approximate surface area is 381 Å². The van der Waals surface area contributed by atoms with Gasteiger partial charge in [-0.3, -0.25) is 4.99 Å². The third-order valence-electron chi connectivity index (χ3n) is 14.1. The lowest BCUT2D eigenvalue weighted by atomic mass is 9.78. The van der Waals surface area contributed by atoms with Crippen LogP contribution in [0.2, 0.25) is 0 Å². The second kappa shape index (κ2) is 16.5. The maximum atomic E-state index is 5.73. The number of fused-ring (bicyclic) bond motifs is 9. The molecule has 0 N–H and O–H groups in total. The number of nitrogens with zero attached hydrogens (tertiary/aromatic N) is 2. The molecule has 0 spiro atoms. The number of hydrogen-bond donors (Lipinski definition) is 0. The highest BCUT2D eigenvalue weighted by atomic mass is 15.0. The fourth-order valence-corrected chi connectivity index (χ4v) is 11.1. The van der Waals surface area contributed by atoms with Gasteiger partial charge in [0.1, 0.15) is 0 Å². The van der Waals surface area contributed by atoms with Crippen LogP contribution in [0.4, 0.5) is 0 Å². The standard InChI is InChI=1S/C63H50N2/c1-2-49-50(27-17-30-59(44-20-8-4-9-21-44)64-63(49)45-22-10-5-11-23-45)55-28-16-29-56-51-24-12-13-25-52(51)58-40-46(35-39-57(58)62(55)56)47-34-38-54-53-26-14-15-31-60(53)65(61(54)41-47)48-36-32-43(33-37-48)42-18-6-3-7-19-42/h3,5-8,10-16,18-29,31-41,49,63H,2,4,9,17,30H2,1H3/b50-27+,64-59?. The van der Waals surface area contributed by atoms with Crippen molar-refractivity contribution >= 4 is 65.4 Å². The predicted molar refractivity (Wildman–Crippen MR) is 278 cm³/mol. The maximum Gasteiger partial charge on any atom is 0.0820 e. The molecule has 0 bridgehead atoms. The summed E-state index contributed by atoms with van der Waals surface area (Å²) in [5, 5.41) is 10.3. The lowest BCUT2D eigenvalue weighted by Gasteiger charge is -2.31. The Morgan fingerprint density at radius 1 is 0.492 bits per heavy atom. The Kier molecular flexibility index (Phi) is 9.94. The third kappa shape index (κ3) is 6.84. The Bertz CT molecular complexity index is 3560. The Morgan fingerprint density at radius 2 is 1.12 bits per heavy atom. The summed E-state index contributed by atoms with van der Waals surface area (Å²) >= 11 is 0. The Morgan fingerprint density at radius 3 is 1.89 bits per heavy atom. The summed E-state index contributed by atoms with van der Waals surface area (Å²) in [7, 11) is 0. The highest BCUT2D eigenvalue weighted by Crippen LogP contribution is 2.47. The lowest BCUT2D eigenvalue weighted by molar-refractivity contribution is 0.519. The molecule has 65 heavy (non-hydrogen) atoms. The van der Waals surface area contributed by atoms with E-state index in [1.165, 1.54) is 104 Å². The van der Waals surface area contributed by atoms with Crippen LogP contribution in [-0.2, 0) is 0 Å². The Hall–Kier alpha value is -7.55. The zero-order chi connectivity index (χ0) is 43.3. The first kappa shape index (κ1) is 39.1.